The van der Waals surface area contributed by atoms with Crippen LogP contribution in [0.15, 0.2) is 12.1 Å². The van der Waals surface area contributed by atoms with Gasteiger partial charge in [-0.05, 0) is 55.1 Å². The van der Waals surface area contributed by atoms with E-state index in [1.54, 1.807) is 0 Å². The summed E-state index contributed by atoms with van der Waals surface area (Å²) in [6.07, 6.45) is 0.935. The highest BCUT2D eigenvalue weighted by molar-refractivity contribution is 6.30. The van der Waals surface area contributed by atoms with E-state index in [-0.39, 0.29) is 0 Å². The maximum absolute atomic E-state index is 6.23. The Balaban J connectivity index is 3.10. The van der Waals surface area contributed by atoms with E-state index in [9.17, 15) is 0 Å². The molecular weight excluding hydrogens is 258 g/mol. The molecule has 3 heteroatoms. The molecular formula is C16H26ClNO. The Kier molecular flexibility index (Phi) is 6.67. The molecule has 0 aliphatic heterocycles. The molecule has 0 heterocycles. The molecule has 0 aliphatic rings. The summed E-state index contributed by atoms with van der Waals surface area (Å²) in [6, 6.07) is 4.06. The molecule has 0 spiro atoms. The van der Waals surface area contributed by atoms with E-state index in [1.165, 1.54) is 11.1 Å². The van der Waals surface area contributed by atoms with Crippen LogP contribution in [0.25, 0.3) is 0 Å². The average Bonchev–Trinajstić information content (AvgIpc) is 2.33. The molecule has 1 rings (SSSR count). The van der Waals surface area contributed by atoms with Crippen molar-refractivity contribution in [1.29, 1.82) is 0 Å². The van der Waals surface area contributed by atoms with E-state index in [0.29, 0.717) is 11.8 Å². The Morgan fingerprint density at radius 3 is 2.42 bits per heavy atom. The van der Waals surface area contributed by atoms with Gasteiger partial charge < -0.3 is 10.1 Å². The lowest BCUT2D eigenvalue weighted by atomic mass is 9.97. The maximum atomic E-state index is 6.23. The lowest BCUT2D eigenvalue weighted by molar-refractivity contribution is 0.265. The van der Waals surface area contributed by atoms with Gasteiger partial charge in [0.15, 0.2) is 0 Å². The van der Waals surface area contributed by atoms with Gasteiger partial charge in [0.05, 0.1) is 6.61 Å². The molecule has 0 radical (unpaired) electrons. The minimum Gasteiger partial charge on any atom is -0.493 e. The van der Waals surface area contributed by atoms with Gasteiger partial charge in [-0.1, -0.05) is 39.3 Å². The normalized spacial score (nSPS) is 11.4. The Labute approximate surface area is 122 Å². The standard InChI is InChI=1S/C16H26ClNO/c1-11(2)10-19-16-13(6-7-18-5)8-14(17)9-15(16)12(3)4/h8-9,11-12,18H,6-7,10H2,1-5H3. The van der Waals surface area contributed by atoms with Crippen LogP contribution in [0.1, 0.15) is 44.7 Å². The number of hydrogen-bond donors (Lipinski definition) is 1. The lowest BCUT2D eigenvalue weighted by Gasteiger charge is -2.20. The molecule has 2 nitrogen and oxygen atoms in total. The smallest absolute Gasteiger partial charge is 0.126 e. The molecule has 1 aromatic carbocycles. The predicted molar refractivity (Wildman–Crippen MR) is 83.5 cm³/mol. The number of nitrogens with one attached hydrogen (secondary N) is 1. The zero-order chi connectivity index (χ0) is 14.4. The molecule has 0 saturated heterocycles. The van der Waals surface area contributed by atoms with E-state index in [1.807, 2.05) is 19.2 Å². The predicted octanol–water partition coefficient (Wildman–Crippen LogP) is 4.26. The number of ether oxygens (including phenoxy) is 1. The Hall–Kier alpha value is -0.730. The summed E-state index contributed by atoms with van der Waals surface area (Å²) >= 11 is 6.23. The van der Waals surface area contributed by atoms with Gasteiger partial charge in [0.2, 0.25) is 0 Å². The van der Waals surface area contributed by atoms with Crippen molar-refractivity contribution in [3.63, 3.8) is 0 Å². The van der Waals surface area contributed by atoms with Crippen molar-refractivity contribution in [2.75, 3.05) is 20.2 Å². The molecule has 1 N–H and O–H groups in total. The van der Waals surface area contributed by atoms with Crippen LogP contribution in [0.2, 0.25) is 5.02 Å². The second-order valence-corrected chi connectivity index (χ2v) is 6.13. The first kappa shape index (κ1) is 16.3. The highest BCUT2D eigenvalue weighted by atomic mass is 35.5. The van der Waals surface area contributed by atoms with Crippen molar-refractivity contribution < 1.29 is 4.74 Å². The van der Waals surface area contributed by atoms with E-state index in [0.717, 1.165) is 30.3 Å². The zero-order valence-corrected chi connectivity index (χ0v) is 13.5. The summed E-state index contributed by atoms with van der Waals surface area (Å²) in [5, 5.41) is 3.98. The molecule has 0 amide bonds. The van der Waals surface area contributed by atoms with Crippen LogP contribution in [0, 0.1) is 5.92 Å². The monoisotopic (exact) mass is 283 g/mol. The van der Waals surface area contributed by atoms with Crippen molar-refractivity contribution in [3.05, 3.63) is 28.3 Å². The number of hydrogen-bond acceptors (Lipinski definition) is 2. The quantitative estimate of drug-likeness (QED) is 0.807. The molecule has 0 atom stereocenters. The van der Waals surface area contributed by atoms with Crippen LogP contribution >= 0.6 is 11.6 Å². The van der Waals surface area contributed by atoms with Crippen LogP contribution in [0.3, 0.4) is 0 Å². The first-order valence-corrected chi connectivity index (χ1v) is 7.43. The number of likely N-dealkylation sites (N-methyl/N-ethyl adjacent to an activating group) is 1. The summed E-state index contributed by atoms with van der Waals surface area (Å²) in [6.45, 7) is 10.4. The fourth-order valence-electron chi connectivity index (χ4n) is 1.97. The SMILES string of the molecule is CNCCc1cc(Cl)cc(C(C)C)c1OCC(C)C. The Morgan fingerprint density at radius 1 is 1.21 bits per heavy atom. The molecule has 1 aromatic rings. The first-order chi connectivity index (χ1) is 8.95. The van der Waals surface area contributed by atoms with Crippen molar-refractivity contribution in [2.45, 2.75) is 40.0 Å². The van der Waals surface area contributed by atoms with Crippen molar-refractivity contribution >= 4 is 11.6 Å². The van der Waals surface area contributed by atoms with E-state index >= 15 is 0 Å². The summed E-state index contributed by atoms with van der Waals surface area (Å²) < 4.78 is 6.06. The maximum Gasteiger partial charge on any atom is 0.126 e. The fourth-order valence-corrected chi connectivity index (χ4v) is 2.22. The second kappa shape index (κ2) is 7.76. The van der Waals surface area contributed by atoms with Gasteiger partial charge in [-0.2, -0.15) is 0 Å². The molecule has 0 fully saturated rings. The van der Waals surface area contributed by atoms with Gasteiger partial charge in [-0.3, -0.25) is 0 Å². The van der Waals surface area contributed by atoms with Crippen LogP contribution in [-0.4, -0.2) is 20.2 Å². The Morgan fingerprint density at radius 2 is 1.89 bits per heavy atom. The summed E-state index contributed by atoms with van der Waals surface area (Å²) in [4.78, 5) is 0. The lowest BCUT2D eigenvalue weighted by Crippen LogP contribution is -2.14. The van der Waals surface area contributed by atoms with Gasteiger partial charge in [-0.15, -0.1) is 0 Å². The van der Waals surface area contributed by atoms with E-state index < -0.39 is 0 Å². The largest absolute Gasteiger partial charge is 0.493 e. The molecule has 19 heavy (non-hydrogen) atoms. The van der Waals surface area contributed by atoms with E-state index in [4.69, 9.17) is 16.3 Å². The van der Waals surface area contributed by atoms with Gasteiger partial charge in [0.25, 0.3) is 0 Å². The molecule has 0 bridgehead atoms. The third-order valence-corrected chi connectivity index (χ3v) is 3.20. The van der Waals surface area contributed by atoms with E-state index in [2.05, 4.69) is 33.0 Å². The van der Waals surface area contributed by atoms with Crippen LogP contribution in [0.4, 0.5) is 0 Å². The summed E-state index contributed by atoms with van der Waals surface area (Å²) in [7, 11) is 1.96. The number of halogens is 1. The molecule has 108 valence electrons. The minimum atomic E-state index is 0.411. The molecule has 0 unspecified atom stereocenters. The zero-order valence-electron chi connectivity index (χ0n) is 12.7. The van der Waals surface area contributed by atoms with Crippen LogP contribution < -0.4 is 10.1 Å². The number of rotatable bonds is 7. The Bertz CT molecular complexity index is 402. The molecule has 0 aliphatic carbocycles. The molecule has 0 aromatic heterocycles. The van der Waals surface area contributed by atoms with Gasteiger partial charge >= 0.3 is 0 Å². The third-order valence-electron chi connectivity index (χ3n) is 2.99. The van der Waals surface area contributed by atoms with Crippen molar-refractivity contribution in [3.8, 4) is 5.75 Å². The summed E-state index contributed by atoms with van der Waals surface area (Å²) in [5.74, 6) is 1.96. The van der Waals surface area contributed by atoms with Crippen LogP contribution in [0.5, 0.6) is 5.75 Å². The highest BCUT2D eigenvalue weighted by Crippen LogP contribution is 2.34. The number of benzene rings is 1. The summed E-state index contributed by atoms with van der Waals surface area (Å²) in [5.41, 5.74) is 2.41. The third kappa shape index (κ3) is 5.04. The van der Waals surface area contributed by atoms with Crippen LogP contribution in [-0.2, 0) is 6.42 Å². The van der Waals surface area contributed by atoms with Gasteiger partial charge in [-0.25, -0.2) is 0 Å². The van der Waals surface area contributed by atoms with Crippen molar-refractivity contribution in [2.24, 2.45) is 5.92 Å². The van der Waals surface area contributed by atoms with Gasteiger partial charge in [0, 0.05) is 5.02 Å². The fraction of sp³-hybridized carbons (Fsp3) is 0.625. The minimum absolute atomic E-state index is 0.411. The topological polar surface area (TPSA) is 21.3 Å². The van der Waals surface area contributed by atoms with Gasteiger partial charge in [0.1, 0.15) is 5.75 Å². The average molecular weight is 284 g/mol. The highest BCUT2D eigenvalue weighted by Gasteiger charge is 2.15. The first-order valence-electron chi connectivity index (χ1n) is 7.05. The second-order valence-electron chi connectivity index (χ2n) is 5.70. The van der Waals surface area contributed by atoms with Crippen molar-refractivity contribution in [1.82, 2.24) is 5.32 Å². The molecule has 0 saturated carbocycles.